The molecule has 0 unspecified atom stereocenters. The average molecular weight is 367 g/mol. The highest BCUT2D eigenvalue weighted by Gasteiger charge is 2.19. The molecule has 0 bridgehead atoms. The number of halogens is 1. The van der Waals surface area contributed by atoms with E-state index in [2.05, 4.69) is 29.6 Å². The number of hydrogen-bond acceptors (Lipinski definition) is 2. The number of quaternary nitrogens is 1. The summed E-state index contributed by atoms with van der Waals surface area (Å²) in [5.41, 5.74) is 3.15. The van der Waals surface area contributed by atoms with Crippen molar-refractivity contribution in [2.75, 3.05) is 13.1 Å². The van der Waals surface area contributed by atoms with E-state index < -0.39 is 5.82 Å². The molecule has 0 saturated carbocycles. The normalized spacial score (nSPS) is 14.7. The number of likely N-dealkylation sites (tertiary alicyclic amines) is 1. The smallest absolute Gasteiger partial charge is 0.287 e. The van der Waals surface area contributed by atoms with Crippen molar-refractivity contribution in [2.24, 2.45) is 0 Å². The lowest BCUT2D eigenvalue weighted by molar-refractivity contribution is -0.901. The van der Waals surface area contributed by atoms with Crippen LogP contribution in [-0.4, -0.2) is 19.0 Å². The number of rotatable bonds is 5. The summed E-state index contributed by atoms with van der Waals surface area (Å²) in [4.78, 5) is 14.1. The van der Waals surface area contributed by atoms with Gasteiger partial charge < -0.3 is 14.6 Å². The number of carbonyl (C=O) groups is 1. The standard InChI is InChI=1S/C22H23FN2O2/c1-15-18-5-4-6-19(23)21(18)27-20(15)22(26)24-13-16-7-9-17(10-8-16)14-25-11-2-3-12-25/h4-10H,2-3,11-14H2,1H3,(H,24,26)/p+1. The fraction of sp³-hybridized carbons (Fsp3) is 0.318. The third kappa shape index (κ3) is 3.74. The topological polar surface area (TPSA) is 46.7 Å². The second-order valence-electron chi connectivity index (χ2n) is 7.31. The predicted octanol–water partition coefficient (Wildman–Crippen LogP) is 2.99. The molecule has 4 rings (SSSR count). The van der Waals surface area contributed by atoms with Crippen LogP contribution in [0.2, 0.25) is 0 Å². The van der Waals surface area contributed by atoms with Crippen LogP contribution in [0.1, 0.15) is 40.1 Å². The van der Waals surface area contributed by atoms with Crippen LogP contribution in [0.25, 0.3) is 11.0 Å². The minimum absolute atomic E-state index is 0.133. The van der Waals surface area contributed by atoms with Crippen LogP contribution in [0.4, 0.5) is 4.39 Å². The van der Waals surface area contributed by atoms with Crippen LogP contribution in [0.15, 0.2) is 46.9 Å². The first-order valence-corrected chi connectivity index (χ1v) is 9.49. The minimum atomic E-state index is -0.453. The summed E-state index contributed by atoms with van der Waals surface area (Å²) in [6, 6.07) is 13.1. The van der Waals surface area contributed by atoms with E-state index in [1.54, 1.807) is 24.0 Å². The predicted molar refractivity (Wildman–Crippen MR) is 102 cm³/mol. The van der Waals surface area contributed by atoms with Crippen LogP contribution < -0.4 is 10.2 Å². The van der Waals surface area contributed by atoms with Gasteiger partial charge in [-0.2, -0.15) is 0 Å². The Kier molecular flexibility index (Phi) is 4.94. The van der Waals surface area contributed by atoms with Gasteiger partial charge in [0.2, 0.25) is 0 Å². The summed E-state index contributed by atoms with van der Waals surface area (Å²) in [5, 5.41) is 3.50. The van der Waals surface area contributed by atoms with E-state index >= 15 is 0 Å². The monoisotopic (exact) mass is 367 g/mol. The highest BCUT2D eigenvalue weighted by molar-refractivity contribution is 5.98. The van der Waals surface area contributed by atoms with E-state index in [9.17, 15) is 9.18 Å². The summed E-state index contributed by atoms with van der Waals surface area (Å²) in [5.74, 6) is -0.608. The molecule has 4 nitrogen and oxygen atoms in total. The number of amides is 1. The molecule has 1 aromatic heterocycles. The van der Waals surface area contributed by atoms with Crippen LogP contribution in [0.5, 0.6) is 0 Å². The largest absolute Gasteiger partial charge is 0.448 e. The molecule has 2 aromatic carbocycles. The van der Waals surface area contributed by atoms with E-state index in [1.165, 1.54) is 37.6 Å². The molecule has 0 atom stereocenters. The lowest BCUT2D eigenvalue weighted by Crippen LogP contribution is -3.08. The van der Waals surface area contributed by atoms with Gasteiger partial charge in [0.1, 0.15) is 6.54 Å². The summed E-state index contributed by atoms with van der Waals surface area (Å²) >= 11 is 0. The van der Waals surface area contributed by atoms with Crippen LogP contribution in [0.3, 0.4) is 0 Å². The molecule has 1 aliphatic heterocycles. The molecule has 140 valence electrons. The minimum Gasteiger partial charge on any atom is -0.448 e. The zero-order chi connectivity index (χ0) is 18.8. The lowest BCUT2D eigenvalue weighted by atomic mass is 10.1. The summed E-state index contributed by atoms with van der Waals surface area (Å²) < 4.78 is 19.3. The van der Waals surface area contributed by atoms with E-state index in [4.69, 9.17) is 4.42 Å². The first kappa shape index (κ1) is 17.7. The van der Waals surface area contributed by atoms with Crippen molar-refractivity contribution < 1.29 is 18.5 Å². The van der Waals surface area contributed by atoms with Crippen LogP contribution >= 0.6 is 0 Å². The second kappa shape index (κ2) is 7.53. The molecule has 0 radical (unpaired) electrons. The molecule has 27 heavy (non-hydrogen) atoms. The number of nitrogens with one attached hydrogen (secondary N) is 2. The van der Waals surface area contributed by atoms with Crippen LogP contribution in [-0.2, 0) is 13.1 Å². The van der Waals surface area contributed by atoms with Crippen molar-refractivity contribution in [2.45, 2.75) is 32.9 Å². The van der Waals surface area contributed by atoms with Crippen LogP contribution in [0, 0.1) is 12.7 Å². The van der Waals surface area contributed by atoms with E-state index in [0.717, 1.165) is 12.1 Å². The van der Waals surface area contributed by atoms with Crippen molar-refractivity contribution in [3.8, 4) is 0 Å². The maximum atomic E-state index is 13.8. The molecule has 3 aromatic rings. The van der Waals surface area contributed by atoms with Gasteiger partial charge in [0.15, 0.2) is 17.2 Å². The molecule has 2 heterocycles. The van der Waals surface area contributed by atoms with Gasteiger partial charge in [-0.05, 0) is 18.6 Å². The van der Waals surface area contributed by atoms with Gasteiger partial charge >= 0.3 is 0 Å². The van der Waals surface area contributed by atoms with Crippen molar-refractivity contribution in [3.63, 3.8) is 0 Å². The highest BCUT2D eigenvalue weighted by atomic mass is 19.1. The van der Waals surface area contributed by atoms with Gasteiger partial charge in [-0.1, -0.05) is 36.4 Å². The Morgan fingerprint density at radius 1 is 1.11 bits per heavy atom. The number of carbonyl (C=O) groups excluding carboxylic acids is 1. The molecule has 1 aliphatic rings. The first-order valence-electron chi connectivity index (χ1n) is 9.49. The molecule has 2 N–H and O–H groups in total. The molecule has 0 aliphatic carbocycles. The van der Waals surface area contributed by atoms with E-state index in [1.807, 2.05) is 0 Å². The van der Waals surface area contributed by atoms with Crippen molar-refractivity contribution in [3.05, 3.63) is 70.7 Å². The number of para-hydroxylation sites is 1. The van der Waals surface area contributed by atoms with Crippen molar-refractivity contribution in [1.82, 2.24) is 5.32 Å². The zero-order valence-corrected chi connectivity index (χ0v) is 15.5. The molecular weight excluding hydrogens is 343 g/mol. The Bertz CT molecular complexity index is 956. The third-order valence-electron chi connectivity index (χ3n) is 5.36. The SMILES string of the molecule is Cc1c(C(=O)NCc2ccc(C[NH+]3CCCC3)cc2)oc2c(F)cccc12. The number of hydrogen-bond donors (Lipinski definition) is 2. The highest BCUT2D eigenvalue weighted by Crippen LogP contribution is 2.27. The van der Waals surface area contributed by atoms with Gasteiger partial charge in [0.05, 0.1) is 13.1 Å². The van der Waals surface area contributed by atoms with Crippen molar-refractivity contribution in [1.29, 1.82) is 0 Å². The zero-order valence-electron chi connectivity index (χ0n) is 15.5. The number of benzene rings is 2. The Labute approximate surface area is 158 Å². The molecule has 0 spiro atoms. The Balaban J connectivity index is 1.40. The molecule has 5 heteroatoms. The average Bonchev–Trinajstić information content (AvgIpc) is 3.30. The quantitative estimate of drug-likeness (QED) is 0.728. The van der Waals surface area contributed by atoms with Gasteiger partial charge in [-0.25, -0.2) is 4.39 Å². The fourth-order valence-electron chi connectivity index (χ4n) is 3.80. The molecular formula is C22H24FN2O2+. The van der Waals surface area contributed by atoms with E-state index in [0.29, 0.717) is 17.5 Å². The Morgan fingerprint density at radius 2 is 1.81 bits per heavy atom. The number of furan rings is 1. The Morgan fingerprint density at radius 3 is 2.52 bits per heavy atom. The van der Waals surface area contributed by atoms with Gasteiger partial charge in [0.25, 0.3) is 5.91 Å². The molecule has 1 fully saturated rings. The number of fused-ring (bicyclic) bond motifs is 1. The summed E-state index contributed by atoms with van der Waals surface area (Å²) in [6.07, 6.45) is 2.65. The molecule has 1 amide bonds. The summed E-state index contributed by atoms with van der Waals surface area (Å²) in [6.45, 7) is 5.77. The van der Waals surface area contributed by atoms with Gasteiger partial charge in [0, 0.05) is 35.9 Å². The molecule has 1 saturated heterocycles. The van der Waals surface area contributed by atoms with Gasteiger partial charge in [-0.3, -0.25) is 4.79 Å². The second-order valence-corrected chi connectivity index (χ2v) is 7.31. The summed E-state index contributed by atoms with van der Waals surface area (Å²) in [7, 11) is 0. The van der Waals surface area contributed by atoms with Gasteiger partial charge in [-0.15, -0.1) is 0 Å². The fourth-order valence-corrected chi connectivity index (χ4v) is 3.80. The maximum absolute atomic E-state index is 13.8. The lowest BCUT2D eigenvalue weighted by Gasteiger charge is -2.12. The number of aryl methyl sites for hydroxylation is 1. The Hall–Kier alpha value is -2.66. The van der Waals surface area contributed by atoms with E-state index in [-0.39, 0.29) is 17.3 Å². The third-order valence-corrected chi connectivity index (χ3v) is 5.36. The van der Waals surface area contributed by atoms with Crippen molar-refractivity contribution >= 4 is 16.9 Å². The maximum Gasteiger partial charge on any atom is 0.287 e. The first-order chi connectivity index (χ1) is 13.1.